The number of ether oxygens (including phenoxy) is 1. The number of nitrogens with zero attached hydrogens (tertiary/aromatic N) is 1. The van der Waals surface area contributed by atoms with Gasteiger partial charge >= 0.3 is 0 Å². The molecule has 0 unspecified atom stereocenters. The van der Waals surface area contributed by atoms with E-state index in [-0.39, 0.29) is 5.54 Å². The van der Waals surface area contributed by atoms with Gasteiger partial charge in [0.1, 0.15) is 0 Å². The van der Waals surface area contributed by atoms with Crippen LogP contribution in [0.5, 0.6) is 0 Å². The van der Waals surface area contributed by atoms with Gasteiger partial charge in [0.15, 0.2) is 0 Å². The van der Waals surface area contributed by atoms with Gasteiger partial charge in [-0.15, -0.1) is 0 Å². The maximum atomic E-state index is 12.3. The monoisotopic (exact) mass is 312 g/mol. The highest BCUT2D eigenvalue weighted by atomic mass is 32.2. The number of hydrogen-bond acceptors (Lipinski definition) is 4. The van der Waals surface area contributed by atoms with Gasteiger partial charge in [-0.05, 0) is 32.9 Å². The quantitative estimate of drug-likeness (QED) is 0.892. The number of aryl methyl sites for hydroxylation is 1. The van der Waals surface area contributed by atoms with Gasteiger partial charge in [0.2, 0.25) is 10.0 Å². The van der Waals surface area contributed by atoms with Crippen molar-refractivity contribution in [2.45, 2.75) is 31.2 Å². The summed E-state index contributed by atoms with van der Waals surface area (Å²) in [6.07, 6.45) is 0. The second kappa shape index (κ2) is 6.44. The minimum absolute atomic E-state index is 0.235. The number of morpholine rings is 1. The van der Waals surface area contributed by atoms with Crippen LogP contribution in [0.3, 0.4) is 0 Å². The third-order valence-electron chi connectivity index (χ3n) is 3.89. The van der Waals surface area contributed by atoms with Crippen LogP contribution >= 0.6 is 0 Å². The second-order valence-corrected chi connectivity index (χ2v) is 7.82. The van der Waals surface area contributed by atoms with Crippen LogP contribution in [0.15, 0.2) is 29.2 Å². The van der Waals surface area contributed by atoms with Crippen LogP contribution in [0.4, 0.5) is 0 Å². The van der Waals surface area contributed by atoms with E-state index in [1.807, 2.05) is 19.1 Å². The molecule has 1 N–H and O–H groups in total. The van der Waals surface area contributed by atoms with Crippen molar-refractivity contribution in [3.8, 4) is 0 Å². The van der Waals surface area contributed by atoms with Crippen LogP contribution in [0.25, 0.3) is 0 Å². The van der Waals surface area contributed by atoms with E-state index in [4.69, 9.17) is 4.74 Å². The molecule has 0 spiro atoms. The highest BCUT2D eigenvalue weighted by Gasteiger charge is 2.29. The molecule has 6 heteroatoms. The van der Waals surface area contributed by atoms with E-state index in [9.17, 15) is 8.42 Å². The molecule has 0 aliphatic carbocycles. The molecule has 1 saturated heterocycles. The Balaban J connectivity index is 2.01. The van der Waals surface area contributed by atoms with E-state index in [2.05, 4.69) is 23.5 Å². The smallest absolute Gasteiger partial charge is 0.240 e. The molecule has 1 aromatic rings. The van der Waals surface area contributed by atoms with Gasteiger partial charge in [0.25, 0.3) is 0 Å². The van der Waals surface area contributed by atoms with Gasteiger partial charge in [-0.3, -0.25) is 4.90 Å². The topological polar surface area (TPSA) is 58.6 Å². The second-order valence-electron chi connectivity index (χ2n) is 6.05. The van der Waals surface area contributed by atoms with Gasteiger partial charge in [0.05, 0.1) is 18.1 Å². The summed E-state index contributed by atoms with van der Waals surface area (Å²) in [5, 5.41) is 0. The van der Waals surface area contributed by atoms with Crippen LogP contribution in [-0.4, -0.2) is 51.7 Å². The fourth-order valence-electron chi connectivity index (χ4n) is 2.35. The number of nitrogens with one attached hydrogen (secondary N) is 1. The molecule has 5 nitrogen and oxygen atoms in total. The predicted octanol–water partition coefficient (Wildman–Crippen LogP) is 1.38. The minimum atomic E-state index is -3.46. The third-order valence-corrected chi connectivity index (χ3v) is 5.31. The Bertz CT molecular complexity index is 561. The average Bonchev–Trinajstić information content (AvgIpc) is 2.47. The summed E-state index contributed by atoms with van der Waals surface area (Å²) in [6.45, 7) is 9.49. The molecule has 0 saturated carbocycles. The van der Waals surface area contributed by atoms with E-state index >= 15 is 0 Å². The summed E-state index contributed by atoms with van der Waals surface area (Å²) >= 11 is 0. The Labute approximate surface area is 127 Å². The third kappa shape index (κ3) is 4.26. The lowest BCUT2D eigenvalue weighted by molar-refractivity contribution is -0.00803. The van der Waals surface area contributed by atoms with E-state index in [1.165, 1.54) is 0 Å². The molecule has 0 aromatic heterocycles. The number of hydrogen-bond donors (Lipinski definition) is 1. The van der Waals surface area contributed by atoms with Crippen molar-refractivity contribution >= 4 is 10.0 Å². The van der Waals surface area contributed by atoms with Crippen LogP contribution in [0.2, 0.25) is 0 Å². The zero-order valence-electron chi connectivity index (χ0n) is 12.9. The lowest BCUT2D eigenvalue weighted by Crippen LogP contribution is -2.55. The predicted molar refractivity (Wildman–Crippen MR) is 82.8 cm³/mol. The molecule has 21 heavy (non-hydrogen) atoms. The summed E-state index contributed by atoms with van der Waals surface area (Å²) in [5.41, 5.74) is 0.809. The Kier molecular flexibility index (Phi) is 5.03. The molecule has 0 bridgehead atoms. The molecule has 0 atom stereocenters. The molecule has 1 aromatic carbocycles. The summed E-state index contributed by atoms with van der Waals surface area (Å²) in [7, 11) is -3.46. The Morgan fingerprint density at radius 1 is 1.19 bits per heavy atom. The Morgan fingerprint density at radius 2 is 1.76 bits per heavy atom. The first-order valence-corrected chi connectivity index (χ1v) is 8.69. The van der Waals surface area contributed by atoms with Crippen LogP contribution < -0.4 is 4.72 Å². The SMILES string of the molecule is Cc1ccc(S(=O)(=O)NCC(C)(C)N2CCOCC2)cc1. The molecule has 0 amide bonds. The molecule has 1 aliphatic heterocycles. The molecule has 2 rings (SSSR count). The van der Waals surface area contributed by atoms with E-state index in [0.29, 0.717) is 24.7 Å². The normalized spacial score (nSPS) is 17.9. The lowest BCUT2D eigenvalue weighted by atomic mass is 10.0. The van der Waals surface area contributed by atoms with Gasteiger partial charge in [-0.2, -0.15) is 0 Å². The number of rotatable bonds is 5. The maximum absolute atomic E-state index is 12.3. The average molecular weight is 312 g/mol. The Hall–Kier alpha value is -0.950. The Morgan fingerprint density at radius 3 is 2.33 bits per heavy atom. The highest BCUT2D eigenvalue weighted by molar-refractivity contribution is 7.89. The first-order chi connectivity index (χ1) is 9.81. The van der Waals surface area contributed by atoms with Crippen LogP contribution in [0, 0.1) is 6.92 Å². The number of benzene rings is 1. The van der Waals surface area contributed by atoms with Gasteiger partial charge in [-0.1, -0.05) is 17.7 Å². The fourth-order valence-corrected chi connectivity index (χ4v) is 3.56. The largest absolute Gasteiger partial charge is 0.379 e. The van der Waals surface area contributed by atoms with Crippen molar-refractivity contribution < 1.29 is 13.2 Å². The van der Waals surface area contributed by atoms with E-state index in [1.54, 1.807) is 12.1 Å². The molecule has 0 radical (unpaired) electrons. The zero-order chi connectivity index (χ0) is 15.5. The zero-order valence-corrected chi connectivity index (χ0v) is 13.7. The highest BCUT2D eigenvalue weighted by Crippen LogP contribution is 2.17. The van der Waals surface area contributed by atoms with Crippen molar-refractivity contribution in [2.24, 2.45) is 0 Å². The molecule has 1 fully saturated rings. The van der Waals surface area contributed by atoms with Gasteiger partial charge in [0, 0.05) is 25.2 Å². The van der Waals surface area contributed by atoms with Crippen molar-refractivity contribution in [1.29, 1.82) is 0 Å². The molecule has 1 heterocycles. The summed E-state index contributed by atoms with van der Waals surface area (Å²) in [5.74, 6) is 0. The molecular formula is C15H24N2O3S. The van der Waals surface area contributed by atoms with Crippen molar-refractivity contribution in [3.05, 3.63) is 29.8 Å². The fraction of sp³-hybridized carbons (Fsp3) is 0.600. The molecule has 118 valence electrons. The van der Waals surface area contributed by atoms with Gasteiger partial charge in [-0.25, -0.2) is 13.1 Å². The van der Waals surface area contributed by atoms with Crippen LogP contribution in [0.1, 0.15) is 19.4 Å². The lowest BCUT2D eigenvalue weighted by Gasteiger charge is -2.40. The van der Waals surface area contributed by atoms with Gasteiger partial charge < -0.3 is 4.74 Å². The first-order valence-electron chi connectivity index (χ1n) is 7.20. The van der Waals surface area contributed by atoms with E-state index in [0.717, 1.165) is 18.7 Å². The summed E-state index contributed by atoms with van der Waals surface area (Å²) in [4.78, 5) is 2.57. The van der Waals surface area contributed by atoms with Crippen molar-refractivity contribution in [2.75, 3.05) is 32.8 Å². The first kappa shape index (κ1) is 16.4. The maximum Gasteiger partial charge on any atom is 0.240 e. The van der Waals surface area contributed by atoms with Crippen molar-refractivity contribution in [1.82, 2.24) is 9.62 Å². The number of sulfonamides is 1. The molecular weight excluding hydrogens is 288 g/mol. The minimum Gasteiger partial charge on any atom is -0.379 e. The summed E-state index contributed by atoms with van der Waals surface area (Å²) in [6, 6.07) is 6.89. The molecule has 1 aliphatic rings. The van der Waals surface area contributed by atoms with E-state index < -0.39 is 10.0 Å². The van der Waals surface area contributed by atoms with Crippen molar-refractivity contribution in [3.63, 3.8) is 0 Å². The standard InChI is InChI=1S/C15H24N2O3S/c1-13-4-6-14(7-5-13)21(18,19)16-12-15(2,3)17-8-10-20-11-9-17/h4-7,16H,8-12H2,1-3H3. The van der Waals surface area contributed by atoms with Crippen LogP contribution in [-0.2, 0) is 14.8 Å². The summed E-state index contributed by atoms with van der Waals surface area (Å²) < 4.78 is 32.7.